The molecule has 0 saturated carbocycles. The second kappa shape index (κ2) is 8.80. The average Bonchev–Trinajstić information content (AvgIpc) is 2.05. The van der Waals surface area contributed by atoms with Gasteiger partial charge >= 0.3 is 0 Å². The SMILES string of the molecule is O=S(CCO)CCCS(=O)CCO. The minimum absolute atomic E-state index is 0.0632. The minimum atomic E-state index is -0.987. The van der Waals surface area contributed by atoms with Gasteiger partial charge in [-0.1, -0.05) is 0 Å². The number of hydrogen-bond acceptors (Lipinski definition) is 4. The molecule has 0 bridgehead atoms. The van der Waals surface area contributed by atoms with Gasteiger partial charge in [-0.2, -0.15) is 0 Å². The first-order valence-corrected chi connectivity index (χ1v) is 7.10. The Kier molecular flexibility index (Phi) is 8.95. The van der Waals surface area contributed by atoms with E-state index in [1.165, 1.54) is 0 Å². The molecule has 0 aliphatic rings. The second-order valence-electron chi connectivity index (χ2n) is 2.50. The van der Waals surface area contributed by atoms with E-state index in [1.54, 1.807) is 0 Å². The number of rotatable bonds is 8. The minimum Gasteiger partial charge on any atom is -0.395 e. The molecule has 0 amide bonds. The largest absolute Gasteiger partial charge is 0.395 e. The normalized spacial score (nSPS) is 15.5. The summed E-state index contributed by atoms with van der Waals surface area (Å²) in [6.07, 6.45) is 0.624. The van der Waals surface area contributed by atoms with Gasteiger partial charge in [-0.25, -0.2) is 0 Å². The number of hydrogen-bond donors (Lipinski definition) is 2. The van der Waals surface area contributed by atoms with Crippen molar-refractivity contribution in [1.29, 1.82) is 0 Å². The summed E-state index contributed by atoms with van der Waals surface area (Å²) < 4.78 is 22.0. The molecule has 2 N–H and O–H groups in total. The van der Waals surface area contributed by atoms with Gasteiger partial charge in [0.2, 0.25) is 0 Å². The molecule has 4 nitrogen and oxygen atoms in total. The summed E-state index contributed by atoms with van der Waals surface area (Å²) >= 11 is 0. The fourth-order valence-corrected chi connectivity index (χ4v) is 2.72. The van der Waals surface area contributed by atoms with Gasteiger partial charge in [0, 0.05) is 44.6 Å². The van der Waals surface area contributed by atoms with Crippen LogP contribution in [0.4, 0.5) is 0 Å². The van der Waals surface area contributed by atoms with E-state index in [1.807, 2.05) is 0 Å². The highest BCUT2D eigenvalue weighted by Crippen LogP contribution is 1.91. The molecule has 0 fully saturated rings. The zero-order chi connectivity index (χ0) is 10.1. The van der Waals surface area contributed by atoms with Gasteiger partial charge < -0.3 is 10.2 Å². The van der Waals surface area contributed by atoms with Crippen LogP contribution in [0.2, 0.25) is 0 Å². The quantitative estimate of drug-likeness (QED) is 0.550. The maximum atomic E-state index is 11.0. The summed E-state index contributed by atoms with van der Waals surface area (Å²) in [5.41, 5.74) is 0. The topological polar surface area (TPSA) is 74.6 Å². The van der Waals surface area contributed by atoms with Crippen LogP contribution in [0.5, 0.6) is 0 Å². The lowest BCUT2D eigenvalue weighted by Crippen LogP contribution is -2.11. The van der Waals surface area contributed by atoms with E-state index in [0.717, 1.165) is 0 Å². The zero-order valence-corrected chi connectivity index (χ0v) is 9.11. The summed E-state index contributed by atoms with van der Waals surface area (Å²) in [5.74, 6) is 1.56. The van der Waals surface area contributed by atoms with E-state index < -0.39 is 21.6 Å². The van der Waals surface area contributed by atoms with Gasteiger partial charge in [-0.3, -0.25) is 8.42 Å². The predicted molar refractivity (Wildman–Crippen MR) is 54.5 cm³/mol. The molecule has 0 aromatic heterocycles. The van der Waals surface area contributed by atoms with E-state index in [-0.39, 0.29) is 13.2 Å². The highest BCUT2D eigenvalue weighted by atomic mass is 32.2. The second-order valence-corrected chi connectivity index (χ2v) is 5.89. The molecule has 80 valence electrons. The van der Waals surface area contributed by atoms with Crippen LogP contribution in [-0.4, -0.2) is 54.9 Å². The van der Waals surface area contributed by atoms with Crippen molar-refractivity contribution in [2.75, 3.05) is 36.2 Å². The van der Waals surface area contributed by atoms with E-state index in [9.17, 15) is 8.42 Å². The lowest BCUT2D eigenvalue weighted by atomic mass is 10.6. The van der Waals surface area contributed by atoms with Gasteiger partial charge in [-0.15, -0.1) is 0 Å². The Morgan fingerprint density at radius 2 is 1.15 bits per heavy atom. The van der Waals surface area contributed by atoms with Crippen molar-refractivity contribution >= 4 is 21.6 Å². The van der Waals surface area contributed by atoms with E-state index in [2.05, 4.69) is 0 Å². The Labute approximate surface area is 83.3 Å². The molecule has 0 heterocycles. The molecule has 0 spiro atoms. The van der Waals surface area contributed by atoms with Gasteiger partial charge in [0.05, 0.1) is 13.2 Å². The molecule has 0 radical (unpaired) electrons. The zero-order valence-electron chi connectivity index (χ0n) is 7.48. The molecule has 13 heavy (non-hydrogen) atoms. The van der Waals surface area contributed by atoms with Gasteiger partial charge in [0.1, 0.15) is 0 Å². The van der Waals surface area contributed by atoms with Crippen molar-refractivity contribution < 1.29 is 18.6 Å². The molecule has 0 aliphatic heterocycles. The third-order valence-electron chi connectivity index (χ3n) is 1.38. The van der Waals surface area contributed by atoms with Gasteiger partial charge in [-0.05, 0) is 6.42 Å². The predicted octanol–water partition coefficient (Wildman–Crippen LogP) is -1.14. The van der Waals surface area contributed by atoms with Crippen molar-refractivity contribution in [3.8, 4) is 0 Å². The summed E-state index contributed by atoms with van der Waals surface area (Å²) in [5, 5.41) is 16.9. The Morgan fingerprint density at radius 1 is 0.769 bits per heavy atom. The van der Waals surface area contributed by atoms with Crippen molar-refractivity contribution in [3.05, 3.63) is 0 Å². The molecular weight excluding hydrogens is 212 g/mol. The van der Waals surface area contributed by atoms with Crippen LogP contribution in [0, 0.1) is 0 Å². The van der Waals surface area contributed by atoms with Gasteiger partial charge in [0.25, 0.3) is 0 Å². The summed E-state index contributed by atoms with van der Waals surface area (Å²) in [6, 6.07) is 0. The van der Waals surface area contributed by atoms with Crippen molar-refractivity contribution in [1.82, 2.24) is 0 Å². The molecule has 0 aromatic carbocycles. The lowest BCUT2D eigenvalue weighted by Gasteiger charge is -2.00. The fraction of sp³-hybridized carbons (Fsp3) is 1.00. The van der Waals surface area contributed by atoms with E-state index in [4.69, 9.17) is 10.2 Å². The first kappa shape index (κ1) is 13.2. The highest BCUT2D eigenvalue weighted by Gasteiger charge is 2.01. The van der Waals surface area contributed by atoms with E-state index in [0.29, 0.717) is 29.4 Å². The number of aliphatic hydroxyl groups is 2. The van der Waals surface area contributed by atoms with Crippen LogP contribution < -0.4 is 0 Å². The molecule has 0 rings (SSSR count). The Balaban J connectivity index is 3.33. The average molecular weight is 228 g/mol. The van der Waals surface area contributed by atoms with Crippen LogP contribution in [0.15, 0.2) is 0 Å². The molecule has 6 heteroatoms. The maximum absolute atomic E-state index is 11.0. The monoisotopic (exact) mass is 228 g/mol. The fourth-order valence-electron chi connectivity index (χ4n) is 0.789. The van der Waals surface area contributed by atoms with E-state index >= 15 is 0 Å². The smallest absolute Gasteiger partial charge is 0.0546 e. The van der Waals surface area contributed by atoms with Crippen LogP contribution in [-0.2, 0) is 21.6 Å². The lowest BCUT2D eigenvalue weighted by molar-refractivity contribution is 0.321. The first-order chi connectivity index (χ1) is 6.20. The summed E-state index contributed by atoms with van der Waals surface area (Å²) in [6.45, 7) is -0.126. The summed E-state index contributed by atoms with van der Waals surface area (Å²) in [7, 11) is -1.97. The van der Waals surface area contributed by atoms with Crippen LogP contribution in [0.3, 0.4) is 0 Å². The van der Waals surface area contributed by atoms with Crippen molar-refractivity contribution in [2.24, 2.45) is 0 Å². The Hall–Kier alpha value is 0.220. The molecule has 0 saturated heterocycles. The van der Waals surface area contributed by atoms with Gasteiger partial charge in [0.15, 0.2) is 0 Å². The standard InChI is InChI=1S/C7H16O4S2/c8-2-6-12(10)4-1-5-13(11)7-3-9/h8-9H,1-7H2. The summed E-state index contributed by atoms with van der Waals surface area (Å²) in [4.78, 5) is 0. The Morgan fingerprint density at radius 3 is 1.46 bits per heavy atom. The van der Waals surface area contributed by atoms with Crippen molar-refractivity contribution in [3.63, 3.8) is 0 Å². The molecule has 2 unspecified atom stereocenters. The van der Waals surface area contributed by atoms with Crippen LogP contribution in [0.25, 0.3) is 0 Å². The molecule has 0 aliphatic carbocycles. The third kappa shape index (κ3) is 8.55. The highest BCUT2D eigenvalue weighted by molar-refractivity contribution is 7.85. The van der Waals surface area contributed by atoms with Crippen molar-refractivity contribution in [2.45, 2.75) is 6.42 Å². The molecule has 0 aromatic rings. The Bertz CT molecular complexity index is 154. The first-order valence-electron chi connectivity index (χ1n) is 4.12. The number of aliphatic hydroxyl groups excluding tert-OH is 2. The van der Waals surface area contributed by atoms with Crippen LogP contribution in [0.1, 0.15) is 6.42 Å². The third-order valence-corrected chi connectivity index (χ3v) is 4.15. The van der Waals surface area contributed by atoms with Crippen LogP contribution >= 0.6 is 0 Å². The molecular formula is C7H16O4S2. The molecule has 2 atom stereocenters. The maximum Gasteiger partial charge on any atom is 0.0546 e.